The predicted molar refractivity (Wildman–Crippen MR) is 144 cm³/mol. The van der Waals surface area contributed by atoms with Gasteiger partial charge in [-0.2, -0.15) is 0 Å². The summed E-state index contributed by atoms with van der Waals surface area (Å²) in [5.74, 6) is -3.13. The van der Waals surface area contributed by atoms with Gasteiger partial charge in [-0.1, -0.05) is 58.5 Å². The zero-order valence-corrected chi connectivity index (χ0v) is 23.5. The van der Waals surface area contributed by atoms with Crippen LogP contribution in [0.25, 0.3) is 0 Å². The molecule has 0 fully saturated rings. The first-order valence-corrected chi connectivity index (χ1v) is 13.5. The zero-order valence-electron chi connectivity index (χ0n) is 22.7. The summed E-state index contributed by atoms with van der Waals surface area (Å²) in [6.45, 7) is 10.2. The quantitative estimate of drug-likeness (QED) is 0.338. The minimum atomic E-state index is -1.18. The molecule has 11 heteroatoms. The van der Waals surface area contributed by atoms with Crippen molar-refractivity contribution in [3.8, 4) is 0 Å². The fraction of sp³-hybridized carbons (Fsp3) is 0.556. The number of fused-ring (bicyclic) bond motifs is 1. The number of nitrogens with one attached hydrogen (secondary N) is 2. The number of carbonyl (C=O) groups excluding carboxylic acids is 5. The van der Waals surface area contributed by atoms with Crippen molar-refractivity contribution in [2.45, 2.75) is 78.1 Å². The van der Waals surface area contributed by atoms with Crippen molar-refractivity contribution in [3.05, 3.63) is 35.4 Å². The Morgan fingerprint density at radius 2 is 1.53 bits per heavy atom. The third-order valence-electron chi connectivity index (χ3n) is 6.07. The molecule has 0 saturated carbocycles. The topological polar surface area (TPSA) is 150 Å². The Kier molecular flexibility index (Phi) is 10.6. The maximum absolute atomic E-state index is 13.2. The maximum atomic E-state index is 13.2. The second kappa shape index (κ2) is 13.0. The van der Waals surface area contributed by atoms with Gasteiger partial charge in [0, 0.05) is 13.5 Å². The number of rotatable bonds is 12. The van der Waals surface area contributed by atoms with Gasteiger partial charge in [-0.05, 0) is 42.7 Å². The number of thioether (sulfide) groups is 1. The Labute approximate surface area is 227 Å². The van der Waals surface area contributed by atoms with Gasteiger partial charge in [0.2, 0.25) is 11.8 Å². The van der Waals surface area contributed by atoms with E-state index >= 15 is 0 Å². The fourth-order valence-electron chi connectivity index (χ4n) is 4.18. The molecule has 1 aromatic carbocycles. The van der Waals surface area contributed by atoms with E-state index in [9.17, 15) is 33.9 Å². The van der Waals surface area contributed by atoms with Crippen LogP contribution in [-0.2, 0) is 19.2 Å². The van der Waals surface area contributed by atoms with Crippen molar-refractivity contribution in [3.63, 3.8) is 0 Å². The number of hydrogen-bond acceptors (Lipinski definition) is 7. The van der Waals surface area contributed by atoms with Crippen molar-refractivity contribution in [2.75, 3.05) is 6.54 Å². The SMILES string of the molecule is CC(=O)S[C@@H](CCCN1C(=O)c2ccccc2C1=O)C(=O)N[C@@H](CC(C)C)C(=O)NC(C(=O)O)C(C)(C)C. The molecule has 0 bridgehead atoms. The first-order chi connectivity index (χ1) is 17.6. The van der Waals surface area contributed by atoms with E-state index < -0.39 is 52.3 Å². The van der Waals surface area contributed by atoms with E-state index in [-0.39, 0.29) is 36.8 Å². The molecule has 1 aromatic rings. The Bertz CT molecular complexity index is 1060. The van der Waals surface area contributed by atoms with Crippen LogP contribution in [0.5, 0.6) is 0 Å². The number of imide groups is 1. The van der Waals surface area contributed by atoms with E-state index in [1.165, 1.54) is 6.92 Å². The van der Waals surface area contributed by atoms with Crippen LogP contribution in [0.1, 0.15) is 81.5 Å². The molecule has 0 radical (unpaired) electrons. The highest BCUT2D eigenvalue weighted by Gasteiger charge is 2.37. The molecule has 0 aromatic heterocycles. The lowest BCUT2D eigenvalue weighted by Crippen LogP contribution is -2.56. The third kappa shape index (κ3) is 8.14. The molecule has 38 heavy (non-hydrogen) atoms. The zero-order chi connectivity index (χ0) is 28.8. The van der Waals surface area contributed by atoms with Crippen molar-refractivity contribution < 1.29 is 33.9 Å². The number of aliphatic carboxylic acids is 1. The summed E-state index contributed by atoms with van der Waals surface area (Å²) in [6, 6.07) is 4.38. The van der Waals surface area contributed by atoms with Crippen LogP contribution in [0.15, 0.2) is 24.3 Å². The highest BCUT2D eigenvalue weighted by molar-refractivity contribution is 8.14. The average molecular weight is 548 g/mol. The Morgan fingerprint density at radius 3 is 1.97 bits per heavy atom. The van der Waals surface area contributed by atoms with Crippen molar-refractivity contribution in [2.24, 2.45) is 11.3 Å². The van der Waals surface area contributed by atoms with Gasteiger partial charge in [0.25, 0.3) is 11.8 Å². The smallest absolute Gasteiger partial charge is 0.326 e. The van der Waals surface area contributed by atoms with E-state index in [2.05, 4.69) is 10.6 Å². The maximum Gasteiger partial charge on any atom is 0.326 e. The standard InChI is InChI=1S/C27H37N3O7S/c1-15(2)14-19(22(32)29-21(26(36)37)27(4,5)6)28-23(33)20(38-16(3)31)12-9-13-30-24(34)17-10-7-8-11-18(17)25(30)35/h7-8,10-11,15,19-21H,9,12-14H2,1-6H3,(H,28,33)(H,29,32)(H,36,37)/t19-,20-,21?/m0/s1. The van der Waals surface area contributed by atoms with Gasteiger partial charge in [0.1, 0.15) is 12.1 Å². The van der Waals surface area contributed by atoms with E-state index in [1.807, 2.05) is 13.8 Å². The number of nitrogens with zero attached hydrogens (tertiary/aromatic N) is 1. The minimum Gasteiger partial charge on any atom is -0.480 e. The highest BCUT2D eigenvalue weighted by atomic mass is 32.2. The highest BCUT2D eigenvalue weighted by Crippen LogP contribution is 2.25. The Hall–Kier alpha value is -3.21. The fourth-order valence-corrected chi connectivity index (χ4v) is 5.04. The number of hydrogen-bond donors (Lipinski definition) is 3. The molecule has 1 unspecified atom stereocenters. The molecule has 3 N–H and O–H groups in total. The van der Waals surface area contributed by atoms with E-state index in [0.717, 1.165) is 16.7 Å². The van der Waals surface area contributed by atoms with Gasteiger partial charge in [0.05, 0.1) is 16.4 Å². The second-order valence-electron chi connectivity index (χ2n) is 10.9. The van der Waals surface area contributed by atoms with Crippen molar-refractivity contribution in [1.82, 2.24) is 15.5 Å². The third-order valence-corrected chi connectivity index (χ3v) is 7.13. The molecule has 0 saturated heterocycles. The number of amides is 4. The Balaban J connectivity index is 2.10. The largest absolute Gasteiger partial charge is 0.480 e. The van der Waals surface area contributed by atoms with Crippen molar-refractivity contribution >= 4 is 46.5 Å². The normalized spacial score (nSPS) is 15.6. The van der Waals surface area contributed by atoms with Gasteiger partial charge >= 0.3 is 5.97 Å². The monoisotopic (exact) mass is 547 g/mol. The minimum absolute atomic E-state index is 0.0108. The van der Waals surface area contributed by atoms with Gasteiger partial charge in [-0.3, -0.25) is 28.9 Å². The lowest BCUT2D eigenvalue weighted by atomic mass is 9.86. The number of carboxylic acid groups (broad SMARTS) is 1. The van der Waals surface area contributed by atoms with Gasteiger partial charge in [0.15, 0.2) is 5.12 Å². The summed E-state index contributed by atoms with van der Waals surface area (Å²) in [4.78, 5) is 76.2. The van der Waals surface area contributed by atoms with Crippen LogP contribution in [0.2, 0.25) is 0 Å². The molecule has 4 amide bonds. The molecule has 2 rings (SSSR count). The molecular weight excluding hydrogens is 510 g/mol. The Morgan fingerprint density at radius 1 is 0.974 bits per heavy atom. The molecule has 1 aliphatic heterocycles. The van der Waals surface area contributed by atoms with Gasteiger partial charge in [-0.25, -0.2) is 4.79 Å². The average Bonchev–Trinajstić information content (AvgIpc) is 3.04. The molecule has 1 aliphatic rings. The lowest BCUT2D eigenvalue weighted by molar-refractivity contribution is -0.145. The molecule has 1 heterocycles. The van der Waals surface area contributed by atoms with Gasteiger partial charge in [-0.15, -0.1) is 0 Å². The number of carboxylic acids is 1. The summed E-state index contributed by atoms with van der Waals surface area (Å²) in [7, 11) is 0. The molecular formula is C27H37N3O7S. The first kappa shape index (κ1) is 31.0. The molecule has 10 nitrogen and oxygen atoms in total. The molecule has 0 spiro atoms. The van der Waals surface area contributed by atoms with E-state index in [1.54, 1.807) is 45.0 Å². The summed E-state index contributed by atoms with van der Waals surface area (Å²) >= 11 is 0.810. The van der Waals surface area contributed by atoms with Crippen LogP contribution in [0.3, 0.4) is 0 Å². The van der Waals surface area contributed by atoms with Crippen molar-refractivity contribution in [1.29, 1.82) is 0 Å². The van der Waals surface area contributed by atoms with Crippen LogP contribution >= 0.6 is 11.8 Å². The summed E-state index contributed by atoms with van der Waals surface area (Å²) in [6.07, 6.45) is 0.718. The van der Waals surface area contributed by atoms with Crippen LogP contribution in [0, 0.1) is 11.3 Å². The van der Waals surface area contributed by atoms with Crippen LogP contribution in [0.4, 0.5) is 0 Å². The summed E-state index contributed by atoms with van der Waals surface area (Å²) < 4.78 is 0. The molecule has 3 atom stereocenters. The number of carbonyl (C=O) groups is 6. The summed E-state index contributed by atoms with van der Waals surface area (Å²) in [5.41, 5.74) is -0.0879. The van der Waals surface area contributed by atoms with E-state index in [4.69, 9.17) is 0 Å². The van der Waals surface area contributed by atoms with Gasteiger partial charge < -0.3 is 15.7 Å². The van der Waals surface area contributed by atoms with Crippen LogP contribution in [-0.4, -0.2) is 68.6 Å². The predicted octanol–water partition coefficient (Wildman–Crippen LogP) is 2.86. The second-order valence-corrected chi connectivity index (χ2v) is 12.3. The van der Waals surface area contributed by atoms with E-state index in [0.29, 0.717) is 11.1 Å². The molecule has 0 aliphatic carbocycles. The number of benzene rings is 1. The molecule has 208 valence electrons. The summed E-state index contributed by atoms with van der Waals surface area (Å²) in [5, 5.41) is 13.7. The van der Waals surface area contributed by atoms with Crippen LogP contribution < -0.4 is 10.6 Å². The first-order valence-electron chi connectivity index (χ1n) is 12.6. The lowest BCUT2D eigenvalue weighted by Gasteiger charge is -2.30.